The van der Waals surface area contributed by atoms with Gasteiger partial charge in [0.15, 0.2) is 0 Å². The van der Waals surface area contributed by atoms with E-state index >= 15 is 0 Å². The number of hydrogen-bond acceptors (Lipinski definition) is 2. The monoisotopic (exact) mass is 230 g/mol. The van der Waals surface area contributed by atoms with Gasteiger partial charge in [0.05, 0.1) is 5.52 Å². The van der Waals surface area contributed by atoms with Gasteiger partial charge in [-0.3, -0.25) is 9.59 Å². The Morgan fingerprint density at radius 1 is 1.29 bits per heavy atom. The van der Waals surface area contributed by atoms with Crippen molar-refractivity contribution in [3.8, 4) is 0 Å². The number of carbonyl (C=O) groups excluding carboxylic acids is 1. The molecule has 2 N–H and O–H groups in total. The van der Waals surface area contributed by atoms with Gasteiger partial charge >= 0.3 is 0 Å². The number of benzene rings is 1. The second-order valence-electron chi connectivity index (χ2n) is 4.23. The predicted molar refractivity (Wildman–Crippen MR) is 67.2 cm³/mol. The summed E-state index contributed by atoms with van der Waals surface area (Å²) in [5.41, 5.74) is 7.44. The van der Waals surface area contributed by atoms with E-state index < -0.39 is 5.91 Å². The van der Waals surface area contributed by atoms with E-state index in [0.717, 1.165) is 11.1 Å². The SMILES string of the molecule is Cc1ccc2c(c1)c(=O)c(C(N)=O)c(C)n2C. The number of aryl methyl sites for hydroxylation is 2. The molecular weight excluding hydrogens is 216 g/mol. The molecule has 0 spiro atoms. The molecule has 0 saturated carbocycles. The normalized spacial score (nSPS) is 10.8. The number of rotatable bonds is 1. The summed E-state index contributed by atoms with van der Waals surface area (Å²) >= 11 is 0. The van der Waals surface area contributed by atoms with Crippen LogP contribution in [0.4, 0.5) is 0 Å². The number of pyridine rings is 1. The van der Waals surface area contributed by atoms with Crippen molar-refractivity contribution in [2.75, 3.05) is 0 Å². The van der Waals surface area contributed by atoms with Gasteiger partial charge in [0.1, 0.15) is 5.56 Å². The number of aromatic nitrogens is 1. The molecule has 2 aromatic rings. The molecule has 0 atom stereocenters. The molecule has 0 unspecified atom stereocenters. The highest BCUT2D eigenvalue weighted by Gasteiger charge is 2.16. The van der Waals surface area contributed by atoms with Crippen molar-refractivity contribution in [1.82, 2.24) is 4.57 Å². The van der Waals surface area contributed by atoms with E-state index in [1.807, 2.05) is 30.7 Å². The Morgan fingerprint density at radius 3 is 2.53 bits per heavy atom. The molecule has 0 aliphatic carbocycles. The van der Waals surface area contributed by atoms with Crippen LogP contribution in [0.5, 0.6) is 0 Å². The maximum atomic E-state index is 12.2. The van der Waals surface area contributed by atoms with Crippen LogP contribution in [0.3, 0.4) is 0 Å². The van der Waals surface area contributed by atoms with Gasteiger partial charge in [-0.1, -0.05) is 11.6 Å². The Balaban J connectivity index is 3.06. The van der Waals surface area contributed by atoms with E-state index in [1.165, 1.54) is 0 Å². The molecule has 88 valence electrons. The van der Waals surface area contributed by atoms with Crippen LogP contribution in [-0.4, -0.2) is 10.5 Å². The Kier molecular flexibility index (Phi) is 2.50. The van der Waals surface area contributed by atoms with Crippen molar-refractivity contribution in [2.24, 2.45) is 12.8 Å². The quantitative estimate of drug-likeness (QED) is 0.801. The van der Waals surface area contributed by atoms with Crippen LogP contribution in [0, 0.1) is 13.8 Å². The van der Waals surface area contributed by atoms with E-state index in [4.69, 9.17) is 5.73 Å². The second kappa shape index (κ2) is 3.73. The van der Waals surface area contributed by atoms with Crippen LogP contribution in [0.1, 0.15) is 21.6 Å². The zero-order chi connectivity index (χ0) is 12.7. The van der Waals surface area contributed by atoms with Crippen molar-refractivity contribution in [3.63, 3.8) is 0 Å². The summed E-state index contributed by atoms with van der Waals surface area (Å²) < 4.78 is 1.82. The van der Waals surface area contributed by atoms with Crippen LogP contribution in [0.15, 0.2) is 23.0 Å². The lowest BCUT2D eigenvalue weighted by Gasteiger charge is -2.12. The van der Waals surface area contributed by atoms with Gasteiger partial charge < -0.3 is 10.3 Å². The fourth-order valence-electron chi connectivity index (χ4n) is 2.06. The number of amides is 1. The first-order valence-electron chi connectivity index (χ1n) is 5.33. The number of hydrogen-bond donors (Lipinski definition) is 1. The zero-order valence-corrected chi connectivity index (χ0v) is 10.1. The average molecular weight is 230 g/mol. The van der Waals surface area contributed by atoms with Crippen LogP contribution < -0.4 is 11.2 Å². The largest absolute Gasteiger partial charge is 0.365 e. The first-order valence-corrected chi connectivity index (χ1v) is 5.33. The molecule has 0 radical (unpaired) electrons. The highest BCUT2D eigenvalue weighted by Crippen LogP contribution is 2.15. The summed E-state index contributed by atoms with van der Waals surface area (Å²) in [7, 11) is 1.82. The van der Waals surface area contributed by atoms with Gasteiger partial charge in [-0.15, -0.1) is 0 Å². The third-order valence-electron chi connectivity index (χ3n) is 3.10. The topological polar surface area (TPSA) is 65.1 Å². The smallest absolute Gasteiger partial charge is 0.254 e. The molecule has 4 nitrogen and oxygen atoms in total. The summed E-state index contributed by atoms with van der Waals surface area (Å²) in [6.45, 7) is 3.63. The van der Waals surface area contributed by atoms with Gasteiger partial charge in [-0.25, -0.2) is 0 Å². The molecule has 0 saturated heterocycles. The molecular formula is C13H14N2O2. The summed E-state index contributed by atoms with van der Waals surface area (Å²) in [4.78, 5) is 23.5. The fourth-order valence-corrected chi connectivity index (χ4v) is 2.06. The molecule has 2 rings (SSSR count). The van der Waals surface area contributed by atoms with Crippen molar-refractivity contribution in [2.45, 2.75) is 13.8 Å². The lowest BCUT2D eigenvalue weighted by atomic mass is 10.1. The number of carbonyl (C=O) groups is 1. The Labute approximate surface area is 98.7 Å². The Bertz CT molecular complexity index is 684. The van der Waals surface area contributed by atoms with E-state index in [0.29, 0.717) is 11.1 Å². The summed E-state index contributed by atoms with van der Waals surface area (Å²) in [5.74, 6) is -0.675. The third kappa shape index (κ3) is 1.62. The maximum absolute atomic E-state index is 12.2. The van der Waals surface area contributed by atoms with Crippen LogP contribution in [0.2, 0.25) is 0 Å². The standard InChI is InChI=1S/C13H14N2O2/c1-7-4-5-10-9(6-7)12(16)11(13(14)17)8(2)15(10)3/h4-6H,1-3H3,(H2,14,17). The van der Waals surface area contributed by atoms with Crippen LogP contribution >= 0.6 is 0 Å². The summed E-state index contributed by atoms with van der Waals surface area (Å²) in [6, 6.07) is 5.60. The maximum Gasteiger partial charge on any atom is 0.254 e. The number of fused-ring (bicyclic) bond motifs is 1. The van der Waals surface area contributed by atoms with Gasteiger partial charge in [0, 0.05) is 18.1 Å². The molecule has 1 aromatic heterocycles. The molecule has 0 aliphatic heterocycles. The van der Waals surface area contributed by atoms with E-state index in [2.05, 4.69) is 0 Å². The van der Waals surface area contributed by atoms with Gasteiger partial charge in [0.2, 0.25) is 5.43 Å². The first kappa shape index (κ1) is 11.4. The van der Waals surface area contributed by atoms with Crippen molar-refractivity contribution in [3.05, 3.63) is 45.2 Å². The fraction of sp³-hybridized carbons (Fsp3) is 0.231. The highest BCUT2D eigenvalue weighted by molar-refractivity contribution is 5.97. The molecule has 4 heteroatoms. The number of primary amides is 1. The predicted octanol–water partition coefficient (Wildman–Crippen LogP) is 1.25. The molecule has 1 amide bonds. The van der Waals surface area contributed by atoms with E-state index in [1.54, 1.807) is 13.0 Å². The number of nitrogens with two attached hydrogens (primary N) is 1. The minimum Gasteiger partial charge on any atom is -0.365 e. The van der Waals surface area contributed by atoms with Crippen LogP contribution in [-0.2, 0) is 7.05 Å². The Morgan fingerprint density at radius 2 is 1.94 bits per heavy atom. The van der Waals surface area contributed by atoms with Crippen LogP contribution in [0.25, 0.3) is 10.9 Å². The van der Waals surface area contributed by atoms with Gasteiger partial charge in [-0.05, 0) is 26.0 Å². The Hall–Kier alpha value is -2.10. The lowest BCUT2D eigenvalue weighted by molar-refractivity contribution is 0.0998. The molecule has 0 bridgehead atoms. The van der Waals surface area contributed by atoms with Crippen molar-refractivity contribution in [1.29, 1.82) is 0 Å². The minimum absolute atomic E-state index is 0.0746. The average Bonchev–Trinajstić information content (AvgIpc) is 2.26. The van der Waals surface area contributed by atoms with E-state index in [-0.39, 0.29) is 11.0 Å². The van der Waals surface area contributed by atoms with Gasteiger partial charge in [-0.2, -0.15) is 0 Å². The third-order valence-corrected chi connectivity index (χ3v) is 3.10. The molecule has 1 heterocycles. The lowest BCUT2D eigenvalue weighted by Crippen LogP contribution is -2.26. The molecule has 17 heavy (non-hydrogen) atoms. The van der Waals surface area contributed by atoms with Gasteiger partial charge in [0.25, 0.3) is 5.91 Å². The van der Waals surface area contributed by atoms with Crippen molar-refractivity contribution >= 4 is 16.8 Å². The highest BCUT2D eigenvalue weighted by atomic mass is 16.2. The summed E-state index contributed by atoms with van der Waals surface area (Å²) in [5, 5.41) is 0.534. The second-order valence-corrected chi connectivity index (χ2v) is 4.23. The molecule has 0 fully saturated rings. The number of nitrogens with zero attached hydrogens (tertiary/aromatic N) is 1. The van der Waals surface area contributed by atoms with Crippen molar-refractivity contribution < 1.29 is 4.79 Å². The van der Waals surface area contributed by atoms with E-state index in [9.17, 15) is 9.59 Å². The zero-order valence-electron chi connectivity index (χ0n) is 10.1. The minimum atomic E-state index is -0.675. The molecule has 0 aliphatic rings. The summed E-state index contributed by atoms with van der Waals surface area (Å²) in [6.07, 6.45) is 0. The molecule has 1 aromatic carbocycles. The first-order chi connectivity index (χ1) is 7.93.